The standard InChI is InChI=1S/C23H24N4O/c1-17-5-4-6-20(13-17)25-21-14-18(15-24-16-21)23(28)26-19-7-9-22(10-8-19)27-11-2-3-12-27/h4-10,13-16,25H,2-3,11-12H2,1H3,(H,26,28). The molecule has 5 heteroatoms. The van der Waals surface area contributed by atoms with Crippen molar-refractivity contribution >= 4 is 28.7 Å². The predicted molar refractivity (Wildman–Crippen MR) is 115 cm³/mol. The van der Waals surface area contributed by atoms with Crippen molar-refractivity contribution in [2.75, 3.05) is 28.6 Å². The minimum atomic E-state index is -0.172. The maximum atomic E-state index is 12.6. The quantitative estimate of drug-likeness (QED) is 0.663. The van der Waals surface area contributed by atoms with Gasteiger partial charge in [-0.15, -0.1) is 0 Å². The van der Waals surface area contributed by atoms with Crippen molar-refractivity contribution in [2.45, 2.75) is 19.8 Å². The molecule has 2 aromatic carbocycles. The average molecular weight is 372 g/mol. The van der Waals surface area contributed by atoms with Crippen molar-refractivity contribution in [3.05, 3.63) is 78.1 Å². The lowest BCUT2D eigenvalue weighted by atomic mass is 10.2. The highest BCUT2D eigenvalue weighted by Crippen LogP contribution is 2.23. The number of hydrogen-bond acceptors (Lipinski definition) is 4. The molecule has 0 aliphatic carbocycles. The molecular formula is C23H24N4O. The summed E-state index contributed by atoms with van der Waals surface area (Å²) >= 11 is 0. The molecule has 5 nitrogen and oxygen atoms in total. The molecule has 3 aromatic rings. The van der Waals surface area contributed by atoms with Crippen LogP contribution in [0.5, 0.6) is 0 Å². The molecule has 1 amide bonds. The molecule has 1 saturated heterocycles. The zero-order chi connectivity index (χ0) is 19.3. The minimum Gasteiger partial charge on any atom is -0.372 e. The van der Waals surface area contributed by atoms with E-state index in [2.05, 4.69) is 38.7 Å². The first-order valence-corrected chi connectivity index (χ1v) is 9.62. The Morgan fingerprint density at radius 1 is 0.929 bits per heavy atom. The van der Waals surface area contributed by atoms with Gasteiger partial charge in [-0.1, -0.05) is 12.1 Å². The van der Waals surface area contributed by atoms with Crippen molar-refractivity contribution < 1.29 is 4.79 Å². The van der Waals surface area contributed by atoms with Crippen molar-refractivity contribution in [1.82, 2.24) is 4.98 Å². The van der Waals surface area contributed by atoms with E-state index in [1.54, 1.807) is 12.4 Å². The van der Waals surface area contributed by atoms with Crippen LogP contribution in [0.2, 0.25) is 0 Å². The van der Waals surface area contributed by atoms with Crippen molar-refractivity contribution in [3.63, 3.8) is 0 Å². The van der Waals surface area contributed by atoms with Gasteiger partial charge in [0.15, 0.2) is 0 Å². The summed E-state index contributed by atoms with van der Waals surface area (Å²) in [5.41, 5.74) is 5.43. The van der Waals surface area contributed by atoms with E-state index < -0.39 is 0 Å². The van der Waals surface area contributed by atoms with Crippen LogP contribution in [0.15, 0.2) is 67.0 Å². The zero-order valence-corrected chi connectivity index (χ0v) is 16.0. The molecule has 2 heterocycles. The second-order valence-electron chi connectivity index (χ2n) is 7.15. The molecule has 0 unspecified atom stereocenters. The van der Waals surface area contributed by atoms with E-state index >= 15 is 0 Å². The van der Waals surface area contributed by atoms with Gasteiger partial charge in [0.25, 0.3) is 5.91 Å². The number of hydrogen-bond donors (Lipinski definition) is 2. The van der Waals surface area contributed by atoms with Gasteiger partial charge in [0.05, 0.1) is 17.4 Å². The first kappa shape index (κ1) is 18.0. The molecule has 1 aliphatic rings. The van der Waals surface area contributed by atoms with E-state index in [4.69, 9.17) is 0 Å². The van der Waals surface area contributed by atoms with Crippen LogP contribution in [0.4, 0.5) is 22.7 Å². The summed E-state index contributed by atoms with van der Waals surface area (Å²) in [7, 11) is 0. The van der Waals surface area contributed by atoms with E-state index in [0.29, 0.717) is 5.56 Å². The number of amides is 1. The number of pyridine rings is 1. The smallest absolute Gasteiger partial charge is 0.257 e. The summed E-state index contributed by atoms with van der Waals surface area (Å²) < 4.78 is 0. The number of nitrogens with zero attached hydrogens (tertiary/aromatic N) is 2. The average Bonchev–Trinajstić information content (AvgIpc) is 3.24. The lowest BCUT2D eigenvalue weighted by molar-refractivity contribution is 0.102. The minimum absolute atomic E-state index is 0.172. The van der Waals surface area contributed by atoms with Gasteiger partial charge in [0.2, 0.25) is 0 Å². The summed E-state index contributed by atoms with van der Waals surface area (Å²) in [6.07, 6.45) is 5.79. The van der Waals surface area contributed by atoms with Gasteiger partial charge in [-0.2, -0.15) is 0 Å². The summed E-state index contributed by atoms with van der Waals surface area (Å²) in [5, 5.41) is 6.25. The van der Waals surface area contributed by atoms with Crippen LogP contribution in [0.25, 0.3) is 0 Å². The molecular weight excluding hydrogens is 348 g/mol. The Morgan fingerprint density at radius 2 is 1.71 bits per heavy atom. The largest absolute Gasteiger partial charge is 0.372 e. The molecule has 0 atom stereocenters. The van der Waals surface area contributed by atoms with Gasteiger partial charge in [-0.05, 0) is 67.8 Å². The predicted octanol–water partition coefficient (Wildman–Crippen LogP) is 4.99. The Hall–Kier alpha value is -3.34. The van der Waals surface area contributed by atoms with Crippen molar-refractivity contribution in [2.24, 2.45) is 0 Å². The first-order chi connectivity index (χ1) is 13.7. The van der Waals surface area contributed by atoms with Gasteiger partial charge in [-0.25, -0.2) is 0 Å². The highest BCUT2D eigenvalue weighted by atomic mass is 16.1. The third-order valence-electron chi connectivity index (χ3n) is 4.90. The Kier molecular flexibility index (Phi) is 5.24. The van der Waals surface area contributed by atoms with E-state index in [9.17, 15) is 4.79 Å². The van der Waals surface area contributed by atoms with Gasteiger partial charge in [-0.3, -0.25) is 9.78 Å². The molecule has 0 spiro atoms. The SMILES string of the molecule is Cc1cccc(Nc2cncc(C(=O)Nc3ccc(N4CCCC4)cc3)c2)c1. The third kappa shape index (κ3) is 4.31. The Bertz CT molecular complexity index is 962. The molecule has 0 saturated carbocycles. The summed E-state index contributed by atoms with van der Waals surface area (Å²) in [6.45, 7) is 4.26. The fourth-order valence-electron chi connectivity index (χ4n) is 3.46. The summed E-state index contributed by atoms with van der Waals surface area (Å²) in [5.74, 6) is -0.172. The van der Waals surface area contributed by atoms with Gasteiger partial charge >= 0.3 is 0 Å². The number of benzene rings is 2. The molecule has 28 heavy (non-hydrogen) atoms. The van der Waals surface area contributed by atoms with E-state index in [-0.39, 0.29) is 5.91 Å². The Labute approximate surface area is 165 Å². The molecule has 2 N–H and O–H groups in total. The Morgan fingerprint density at radius 3 is 2.46 bits per heavy atom. The fraction of sp³-hybridized carbons (Fsp3) is 0.217. The molecule has 0 radical (unpaired) electrons. The number of carbonyl (C=O) groups is 1. The normalized spacial score (nSPS) is 13.4. The summed E-state index contributed by atoms with van der Waals surface area (Å²) in [6, 6.07) is 17.9. The number of anilines is 4. The molecule has 0 bridgehead atoms. The van der Waals surface area contributed by atoms with Crippen molar-refractivity contribution in [1.29, 1.82) is 0 Å². The van der Waals surface area contributed by atoms with E-state index in [1.807, 2.05) is 43.3 Å². The third-order valence-corrected chi connectivity index (χ3v) is 4.90. The Balaban J connectivity index is 1.43. The van der Waals surface area contributed by atoms with Crippen LogP contribution in [-0.4, -0.2) is 24.0 Å². The van der Waals surface area contributed by atoms with Gasteiger partial charge in [0, 0.05) is 36.3 Å². The van der Waals surface area contributed by atoms with Crippen LogP contribution in [0.3, 0.4) is 0 Å². The second kappa shape index (κ2) is 8.13. The number of carbonyl (C=O) groups excluding carboxylic acids is 1. The van der Waals surface area contributed by atoms with E-state index in [0.717, 1.165) is 30.2 Å². The number of aromatic nitrogens is 1. The molecule has 1 aliphatic heterocycles. The molecule has 1 aromatic heterocycles. The molecule has 142 valence electrons. The monoisotopic (exact) mass is 372 g/mol. The highest BCUT2D eigenvalue weighted by Gasteiger charge is 2.13. The lowest BCUT2D eigenvalue weighted by Gasteiger charge is -2.17. The maximum absolute atomic E-state index is 12.6. The summed E-state index contributed by atoms with van der Waals surface area (Å²) in [4.78, 5) is 19.2. The van der Waals surface area contributed by atoms with Crippen molar-refractivity contribution in [3.8, 4) is 0 Å². The number of nitrogens with one attached hydrogen (secondary N) is 2. The van der Waals surface area contributed by atoms with Gasteiger partial charge in [0.1, 0.15) is 0 Å². The van der Waals surface area contributed by atoms with Crippen LogP contribution in [0, 0.1) is 6.92 Å². The topological polar surface area (TPSA) is 57.3 Å². The molecule has 1 fully saturated rings. The van der Waals surface area contributed by atoms with Gasteiger partial charge < -0.3 is 15.5 Å². The highest BCUT2D eigenvalue weighted by molar-refractivity contribution is 6.04. The fourth-order valence-corrected chi connectivity index (χ4v) is 3.46. The number of aryl methyl sites for hydroxylation is 1. The van der Waals surface area contributed by atoms with E-state index in [1.165, 1.54) is 24.1 Å². The number of rotatable bonds is 5. The van der Waals surface area contributed by atoms with Crippen LogP contribution in [0.1, 0.15) is 28.8 Å². The van der Waals surface area contributed by atoms with Crippen LogP contribution < -0.4 is 15.5 Å². The molecule has 4 rings (SSSR count). The second-order valence-corrected chi connectivity index (χ2v) is 7.15. The zero-order valence-electron chi connectivity index (χ0n) is 16.0. The maximum Gasteiger partial charge on any atom is 0.257 e. The lowest BCUT2D eigenvalue weighted by Crippen LogP contribution is -2.17. The van der Waals surface area contributed by atoms with Crippen LogP contribution in [-0.2, 0) is 0 Å². The first-order valence-electron chi connectivity index (χ1n) is 9.62. The van der Waals surface area contributed by atoms with Crippen LogP contribution >= 0.6 is 0 Å².